The summed E-state index contributed by atoms with van der Waals surface area (Å²) in [7, 11) is 3.25. The van der Waals surface area contributed by atoms with Crippen LogP contribution in [0.4, 0.5) is 0 Å². The molecule has 1 nitrogen and oxygen atoms in total. The summed E-state index contributed by atoms with van der Waals surface area (Å²) in [4.78, 5) is 0. The molecule has 0 radical (unpaired) electrons. The molecule has 0 saturated heterocycles. The molecule has 0 saturated carbocycles. The summed E-state index contributed by atoms with van der Waals surface area (Å²) in [6, 6.07) is 8.14. The number of benzene rings is 1. The van der Waals surface area contributed by atoms with Crippen LogP contribution in [0.15, 0.2) is 24.3 Å². The normalized spacial score (nSPS) is 9.83. The van der Waals surface area contributed by atoms with Gasteiger partial charge in [-0.3, -0.25) is 0 Å². The van der Waals surface area contributed by atoms with Crippen molar-refractivity contribution in [1.82, 2.24) is 0 Å². The fraction of sp³-hybridized carbons (Fsp3) is 0.333. The number of hydrogen-bond acceptors (Lipinski definition) is 3. The van der Waals surface area contributed by atoms with E-state index in [0.29, 0.717) is 0 Å². The first-order valence-corrected chi connectivity index (χ1v) is 5.80. The molecule has 0 aliphatic heterocycles. The minimum Gasteiger partial charge on any atom is -0.497 e. The highest BCUT2D eigenvalue weighted by Crippen LogP contribution is 2.14. The quantitative estimate of drug-likeness (QED) is 0.591. The monoisotopic (exact) mass is 200 g/mol. The van der Waals surface area contributed by atoms with Gasteiger partial charge in [-0.15, -0.1) is 11.7 Å². The molecule has 12 heavy (non-hydrogen) atoms. The Balaban J connectivity index is 2.53. The predicted octanol–water partition coefficient (Wildman–Crippen LogP) is 2.82. The lowest BCUT2D eigenvalue weighted by atomic mass is 10.2. The van der Waals surface area contributed by atoms with Gasteiger partial charge in [0.25, 0.3) is 0 Å². The second-order valence-electron chi connectivity index (χ2n) is 2.43. The summed E-state index contributed by atoms with van der Waals surface area (Å²) in [6.07, 6.45) is 1.07. The van der Waals surface area contributed by atoms with Crippen LogP contribution in [0.5, 0.6) is 5.75 Å². The number of aryl methyl sites for hydroxylation is 1. The molecule has 0 N–H and O–H groups in total. The smallest absolute Gasteiger partial charge is 0.118 e. The van der Waals surface area contributed by atoms with Crippen molar-refractivity contribution in [3.05, 3.63) is 29.8 Å². The second kappa shape index (κ2) is 5.38. The molecule has 0 fully saturated rings. The third-order valence-corrected chi connectivity index (χ3v) is 2.58. The lowest BCUT2D eigenvalue weighted by Gasteiger charge is -2.01. The van der Waals surface area contributed by atoms with E-state index in [0.717, 1.165) is 17.9 Å². The average molecular weight is 200 g/mol. The van der Waals surface area contributed by atoms with Crippen LogP contribution in [0.2, 0.25) is 0 Å². The molecule has 1 aromatic carbocycles. The molecule has 0 spiro atoms. The zero-order valence-electron chi connectivity index (χ0n) is 6.99. The highest BCUT2D eigenvalue weighted by molar-refractivity contribution is 8.68. The van der Waals surface area contributed by atoms with Crippen LogP contribution < -0.4 is 4.74 Å². The molecule has 0 atom stereocenters. The van der Waals surface area contributed by atoms with Crippen molar-refractivity contribution in [2.24, 2.45) is 0 Å². The van der Waals surface area contributed by atoms with Crippen LogP contribution in [0.1, 0.15) is 5.56 Å². The minimum absolute atomic E-state index is 0.914. The van der Waals surface area contributed by atoms with E-state index in [1.54, 1.807) is 17.9 Å². The molecule has 66 valence electrons. The number of hydrogen-bond donors (Lipinski definition) is 1. The van der Waals surface area contributed by atoms with Gasteiger partial charge >= 0.3 is 0 Å². The number of ether oxygens (including phenoxy) is 1. The molecule has 0 heterocycles. The first kappa shape index (κ1) is 9.81. The Hall–Kier alpha value is -0.280. The van der Waals surface area contributed by atoms with E-state index in [1.165, 1.54) is 5.56 Å². The van der Waals surface area contributed by atoms with Gasteiger partial charge in [-0.1, -0.05) is 22.9 Å². The first-order valence-electron chi connectivity index (χ1n) is 3.76. The van der Waals surface area contributed by atoms with E-state index < -0.39 is 0 Å². The molecular weight excluding hydrogens is 188 g/mol. The van der Waals surface area contributed by atoms with Crippen LogP contribution in [0, 0.1) is 0 Å². The summed E-state index contributed by atoms with van der Waals surface area (Å²) in [5.74, 6) is 1.97. The third-order valence-electron chi connectivity index (χ3n) is 1.64. The van der Waals surface area contributed by atoms with Crippen molar-refractivity contribution < 1.29 is 4.74 Å². The molecule has 0 aromatic heterocycles. The number of thiol groups is 1. The predicted molar refractivity (Wildman–Crippen MR) is 58.1 cm³/mol. The summed E-state index contributed by atoms with van der Waals surface area (Å²) >= 11 is 4.08. The molecule has 0 unspecified atom stereocenters. The fourth-order valence-electron chi connectivity index (χ4n) is 0.956. The van der Waals surface area contributed by atoms with E-state index in [9.17, 15) is 0 Å². The highest BCUT2D eigenvalue weighted by atomic mass is 33.1. The molecule has 3 heteroatoms. The Labute approximate surface area is 82.3 Å². The molecule has 0 bridgehead atoms. The standard InChI is InChI=1S/C9H12OS2/c1-10-9-4-2-8(3-5-9)6-7-12-11/h2-5,11H,6-7H2,1H3. The van der Waals surface area contributed by atoms with Gasteiger partial charge in [0.05, 0.1) is 7.11 Å². The average Bonchev–Trinajstić information content (AvgIpc) is 2.15. The maximum absolute atomic E-state index is 5.05. The van der Waals surface area contributed by atoms with Crippen LogP contribution in [-0.2, 0) is 6.42 Å². The van der Waals surface area contributed by atoms with Gasteiger partial charge in [0, 0.05) is 5.75 Å². The van der Waals surface area contributed by atoms with Crippen LogP contribution >= 0.6 is 22.5 Å². The van der Waals surface area contributed by atoms with Gasteiger partial charge in [0.15, 0.2) is 0 Å². The minimum atomic E-state index is 0.914. The van der Waals surface area contributed by atoms with Gasteiger partial charge in [-0.05, 0) is 24.1 Å². The van der Waals surface area contributed by atoms with Gasteiger partial charge in [-0.25, -0.2) is 0 Å². The Morgan fingerprint density at radius 2 is 2.00 bits per heavy atom. The van der Waals surface area contributed by atoms with E-state index in [2.05, 4.69) is 23.8 Å². The van der Waals surface area contributed by atoms with Crippen molar-refractivity contribution >= 4 is 22.5 Å². The summed E-state index contributed by atoms with van der Waals surface area (Å²) in [5.41, 5.74) is 1.33. The second-order valence-corrected chi connectivity index (χ2v) is 3.87. The van der Waals surface area contributed by atoms with Crippen molar-refractivity contribution in [1.29, 1.82) is 0 Å². The van der Waals surface area contributed by atoms with E-state index in [1.807, 2.05) is 12.1 Å². The summed E-state index contributed by atoms with van der Waals surface area (Å²) in [6.45, 7) is 0. The zero-order chi connectivity index (χ0) is 8.81. The summed E-state index contributed by atoms with van der Waals surface area (Å²) < 4.78 is 5.05. The van der Waals surface area contributed by atoms with E-state index >= 15 is 0 Å². The summed E-state index contributed by atoms with van der Waals surface area (Å²) in [5, 5.41) is 0. The lowest BCUT2D eigenvalue weighted by molar-refractivity contribution is 0.414. The van der Waals surface area contributed by atoms with Crippen molar-refractivity contribution in [2.45, 2.75) is 6.42 Å². The van der Waals surface area contributed by atoms with Crippen molar-refractivity contribution in [3.63, 3.8) is 0 Å². The maximum Gasteiger partial charge on any atom is 0.118 e. The van der Waals surface area contributed by atoms with Crippen LogP contribution in [0.25, 0.3) is 0 Å². The largest absolute Gasteiger partial charge is 0.497 e. The van der Waals surface area contributed by atoms with Gasteiger partial charge in [0.1, 0.15) is 5.75 Å². The van der Waals surface area contributed by atoms with Crippen LogP contribution in [0.3, 0.4) is 0 Å². The van der Waals surface area contributed by atoms with Crippen LogP contribution in [-0.4, -0.2) is 12.9 Å². The molecule has 0 amide bonds. The molecule has 1 rings (SSSR count). The molecular formula is C9H12OS2. The highest BCUT2D eigenvalue weighted by Gasteiger charge is 1.93. The first-order chi connectivity index (χ1) is 5.86. The van der Waals surface area contributed by atoms with Gasteiger partial charge in [0.2, 0.25) is 0 Å². The van der Waals surface area contributed by atoms with E-state index in [4.69, 9.17) is 4.74 Å². The fourth-order valence-corrected chi connectivity index (χ4v) is 1.56. The zero-order valence-corrected chi connectivity index (χ0v) is 8.70. The lowest BCUT2D eigenvalue weighted by Crippen LogP contribution is -1.87. The van der Waals surface area contributed by atoms with Gasteiger partial charge < -0.3 is 4.74 Å². The Morgan fingerprint density at radius 1 is 1.33 bits per heavy atom. The Kier molecular flexibility index (Phi) is 4.40. The maximum atomic E-state index is 5.05. The number of rotatable bonds is 4. The SMILES string of the molecule is COc1ccc(CCSS)cc1. The molecule has 1 aromatic rings. The van der Waals surface area contributed by atoms with E-state index in [-0.39, 0.29) is 0 Å². The van der Waals surface area contributed by atoms with Crippen molar-refractivity contribution in [2.75, 3.05) is 12.9 Å². The third kappa shape index (κ3) is 2.99. The Bertz CT molecular complexity index is 220. The molecule has 0 aliphatic rings. The molecule has 0 aliphatic carbocycles. The topological polar surface area (TPSA) is 9.23 Å². The number of methoxy groups -OCH3 is 1. The van der Waals surface area contributed by atoms with Gasteiger partial charge in [-0.2, -0.15) is 0 Å². The Morgan fingerprint density at radius 3 is 2.50 bits per heavy atom. The van der Waals surface area contributed by atoms with Crippen molar-refractivity contribution in [3.8, 4) is 5.75 Å².